The van der Waals surface area contributed by atoms with Crippen LogP contribution in [0.4, 0.5) is 8.78 Å². The van der Waals surface area contributed by atoms with E-state index in [0.717, 1.165) is 11.6 Å². The van der Waals surface area contributed by atoms with Crippen molar-refractivity contribution in [2.24, 2.45) is 5.92 Å². The van der Waals surface area contributed by atoms with E-state index in [4.69, 9.17) is 0 Å². The van der Waals surface area contributed by atoms with Gasteiger partial charge in [-0.05, 0) is 36.7 Å². The maximum atomic E-state index is 14.2. The molecule has 1 atom stereocenters. The molecule has 9 nitrogen and oxygen atoms in total. The zero-order chi connectivity index (χ0) is 31.6. The topological polar surface area (TPSA) is 102 Å². The van der Waals surface area contributed by atoms with Crippen molar-refractivity contribution in [3.63, 3.8) is 0 Å². The molecule has 0 spiro atoms. The second-order valence-corrected chi connectivity index (χ2v) is 9.92. The molecule has 43 heavy (non-hydrogen) atoms. The number of carbonyl (C=O) groups is 4. The number of benzene rings is 2. The van der Waals surface area contributed by atoms with Crippen LogP contribution in [-0.4, -0.2) is 78.6 Å². The Balaban J connectivity index is 0.000000694. The van der Waals surface area contributed by atoms with Crippen molar-refractivity contribution >= 4 is 24.4 Å². The third-order valence-electron chi connectivity index (χ3n) is 6.33. The smallest absolute Gasteiger partial charge is 0.240 e. The van der Waals surface area contributed by atoms with Gasteiger partial charge in [-0.15, -0.1) is 6.58 Å². The largest absolute Gasteiger partial charge is 0.318 e. The van der Waals surface area contributed by atoms with Gasteiger partial charge in [0.2, 0.25) is 12.3 Å². The molecule has 0 saturated heterocycles. The number of hydrazine groups is 1. The Morgan fingerprint density at radius 3 is 2.35 bits per heavy atom. The maximum Gasteiger partial charge on any atom is 0.240 e. The Hall–Kier alpha value is -4.32. The van der Waals surface area contributed by atoms with Gasteiger partial charge < -0.3 is 9.69 Å². The first-order valence-electron chi connectivity index (χ1n) is 13.8. The van der Waals surface area contributed by atoms with Gasteiger partial charge in [-0.2, -0.15) is 0 Å². The first kappa shape index (κ1) is 34.9. The summed E-state index contributed by atoms with van der Waals surface area (Å²) in [6, 6.07) is 12.9. The molecule has 3 rings (SSSR count). The Bertz CT molecular complexity index is 1250. The molecule has 0 bridgehead atoms. The molecule has 1 aliphatic carbocycles. The normalized spacial score (nSPS) is 13.3. The number of likely N-dealkylation sites (N-methyl/N-ethyl adjacent to an activating group) is 1. The van der Waals surface area contributed by atoms with E-state index < -0.39 is 23.7 Å². The zero-order valence-corrected chi connectivity index (χ0v) is 24.5. The van der Waals surface area contributed by atoms with Gasteiger partial charge >= 0.3 is 0 Å². The third kappa shape index (κ3) is 13.0. The molecule has 11 heteroatoms. The number of aldehydes is 1. The lowest BCUT2D eigenvalue weighted by Crippen LogP contribution is -2.57. The van der Waals surface area contributed by atoms with Crippen LogP contribution in [0.1, 0.15) is 18.1 Å². The fourth-order valence-electron chi connectivity index (χ4n) is 4.15. The molecule has 0 aromatic heterocycles. The van der Waals surface area contributed by atoms with Gasteiger partial charge in [0.1, 0.15) is 17.9 Å². The number of allylic oxidation sites excluding steroid dienone is 4. The highest BCUT2D eigenvalue weighted by Crippen LogP contribution is 2.13. The van der Waals surface area contributed by atoms with Crippen molar-refractivity contribution < 1.29 is 28.0 Å². The Kier molecular flexibility index (Phi) is 15.4. The summed E-state index contributed by atoms with van der Waals surface area (Å²) < 4.78 is 27.4. The number of ketones is 1. The average molecular weight is 596 g/mol. The number of nitrogens with one attached hydrogen (secondary N) is 2. The van der Waals surface area contributed by atoms with Crippen LogP contribution in [0.3, 0.4) is 0 Å². The highest BCUT2D eigenvalue weighted by atomic mass is 19.1. The van der Waals surface area contributed by atoms with Crippen molar-refractivity contribution in [1.82, 2.24) is 25.6 Å². The highest BCUT2D eigenvalue weighted by Gasteiger charge is 2.26. The quantitative estimate of drug-likeness (QED) is 0.133. The summed E-state index contributed by atoms with van der Waals surface area (Å²) in [5.74, 6) is -1.19. The summed E-state index contributed by atoms with van der Waals surface area (Å²) >= 11 is 0. The molecular weight excluding hydrogens is 556 g/mol. The van der Waals surface area contributed by atoms with Gasteiger partial charge in [-0.1, -0.05) is 61.5 Å². The lowest BCUT2D eigenvalue weighted by Gasteiger charge is -2.35. The molecule has 1 unspecified atom stereocenters. The number of rotatable bonds is 16. The number of hydrogen-bond donors (Lipinski definition) is 2. The lowest BCUT2D eigenvalue weighted by atomic mass is 10.1. The van der Waals surface area contributed by atoms with Crippen molar-refractivity contribution in [3.8, 4) is 0 Å². The van der Waals surface area contributed by atoms with Crippen molar-refractivity contribution in [1.29, 1.82) is 0 Å². The lowest BCUT2D eigenvalue weighted by molar-refractivity contribution is -0.138. The van der Waals surface area contributed by atoms with E-state index in [9.17, 15) is 28.0 Å². The van der Waals surface area contributed by atoms with Gasteiger partial charge in [0.05, 0.1) is 19.3 Å². The van der Waals surface area contributed by atoms with Gasteiger partial charge in [0.25, 0.3) is 0 Å². The third-order valence-corrected chi connectivity index (χ3v) is 6.33. The van der Waals surface area contributed by atoms with Crippen LogP contribution in [0.2, 0.25) is 0 Å². The van der Waals surface area contributed by atoms with E-state index in [1.807, 2.05) is 49.4 Å². The Morgan fingerprint density at radius 1 is 1.07 bits per heavy atom. The fraction of sp³-hybridized carbons (Fsp3) is 0.312. The summed E-state index contributed by atoms with van der Waals surface area (Å²) in [5, 5.41) is 4.67. The molecule has 2 amide bonds. The molecule has 0 heterocycles. The van der Waals surface area contributed by atoms with E-state index in [0.29, 0.717) is 30.7 Å². The highest BCUT2D eigenvalue weighted by molar-refractivity contribution is 6.00. The van der Waals surface area contributed by atoms with Crippen molar-refractivity contribution in [2.75, 3.05) is 33.2 Å². The Morgan fingerprint density at radius 2 is 1.77 bits per heavy atom. The number of halogens is 2. The number of amides is 2. The summed E-state index contributed by atoms with van der Waals surface area (Å²) in [7, 11) is 1.74. The average Bonchev–Trinajstić information content (AvgIpc) is 2.98. The van der Waals surface area contributed by atoms with Gasteiger partial charge in [0.15, 0.2) is 5.78 Å². The van der Waals surface area contributed by atoms with E-state index >= 15 is 0 Å². The molecule has 0 radical (unpaired) electrons. The van der Waals surface area contributed by atoms with Crippen LogP contribution in [0.5, 0.6) is 0 Å². The molecule has 1 aliphatic rings. The second-order valence-electron chi connectivity index (χ2n) is 9.92. The molecule has 230 valence electrons. The molecule has 2 aromatic rings. The summed E-state index contributed by atoms with van der Waals surface area (Å²) in [6.07, 6.45) is 8.98. The monoisotopic (exact) mass is 595 g/mol. The molecule has 0 aliphatic heterocycles. The molecule has 2 N–H and O–H groups in total. The van der Waals surface area contributed by atoms with Crippen LogP contribution in [-0.2, 0) is 32.3 Å². The number of nitrogens with zero attached hydrogens (tertiary/aromatic N) is 3. The first-order chi connectivity index (χ1) is 20.7. The van der Waals surface area contributed by atoms with Crippen LogP contribution in [0.25, 0.3) is 0 Å². The minimum Gasteiger partial charge on any atom is -0.318 e. The SMILES string of the molecule is C=CCN(CC(=O)N(CC=O)C(CN(C)Cc1ccc(F)cc1F)NCc1ccccc1)NC=O.CC1C=CC(=O)C=C1. The summed E-state index contributed by atoms with van der Waals surface area (Å²) in [5.41, 5.74) is 3.71. The van der Waals surface area contributed by atoms with Crippen molar-refractivity contribution in [3.05, 3.63) is 108 Å². The Labute approximate surface area is 251 Å². The predicted octanol–water partition coefficient (Wildman–Crippen LogP) is 3.01. The summed E-state index contributed by atoms with van der Waals surface area (Å²) in [6.45, 7) is 6.32. The van der Waals surface area contributed by atoms with Crippen LogP contribution in [0, 0.1) is 17.6 Å². The van der Waals surface area contributed by atoms with E-state index in [1.165, 1.54) is 28.1 Å². The molecule has 0 saturated carbocycles. The zero-order valence-electron chi connectivity index (χ0n) is 24.5. The van der Waals surface area contributed by atoms with E-state index in [2.05, 4.69) is 17.3 Å². The van der Waals surface area contributed by atoms with Gasteiger partial charge in [-0.3, -0.25) is 30.0 Å². The minimum atomic E-state index is -0.661. The minimum absolute atomic E-state index is 0.100. The molecule has 0 fully saturated rings. The van der Waals surface area contributed by atoms with Crippen LogP contribution >= 0.6 is 0 Å². The number of hydrogen-bond acceptors (Lipinski definition) is 7. The van der Waals surface area contributed by atoms with E-state index in [-0.39, 0.29) is 38.5 Å². The van der Waals surface area contributed by atoms with Gasteiger partial charge in [-0.25, -0.2) is 13.8 Å². The first-order valence-corrected chi connectivity index (χ1v) is 13.8. The van der Waals surface area contributed by atoms with E-state index in [1.54, 1.807) is 24.1 Å². The molecular formula is C32H39F2N5O4. The van der Waals surface area contributed by atoms with Crippen molar-refractivity contribution in [2.45, 2.75) is 26.2 Å². The maximum absolute atomic E-state index is 14.2. The second kappa shape index (κ2) is 19.0. The fourth-order valence-corrected chi connectivity index (χ4v) is 4.15. The standard InChI is InChI=1S/C25H31F2N5O3.C7H8O/c1-3-11-31(29-19-34)18-25(35)32(12-13-33)24(28-15-20-7-5-4-6-8-20)17-30(2)16-21-9-10-22(26)14-23(21)27;1-6-2-4-7(8)5-3-6/h3-10,13-14,19,24,28H,1,11-12,15-18H2,2H3,(H,29,34);2-6H,1H3. The van der Waals surface area contributed by atoms with Crippen LogP contribution < -0.4 is 10.7 Å². The molecule has 2 aromatic carbocycles. The summed E-state index contributed by atoms with van der Waals surface area (Å²) in [4.78, 5) is 49.1. The van der Waals surface area contributed by atoms with Gasteiger partial charge in [0, 0.05) is 37.8 Å². The number of carbonyl (C=O) groups excluding carboxylic acids is 4. The van der Waals surface area contributed by atoms with Crippen LogP contribution in [0.15, 0.2) is 85.5 Å². The predicted molar refractivity (Wildman–Crippen MR) is 161 cm³/mol.